The van der Waals surface area contributed by atoms with Crippen molar-refractivity contribution in [3.05, 3.63) is 0 Å². The van der Waals surface area contributed by atoms with Gasteiger partial charge in [-0.3, -0.25) is 0 Å². The van der Waals surface area contributed by atoms with E-state index in [0.29, 0.717) is 24.3 Å². The molecule has 0 aliphatic heterocycles. The van der Waals surface area contributed by atoms with Crippen molar-refractivity contribution in [3.8, 4) is 0 Å². The van der Waals surface area contributed by atoms with Gasteiger partial charge in [0.15, 0.2) is 0 Å². The first kappa shape index (κ1) is 16.3. The Labute approximate surface area is 125 Å². The maximum Gasteiger partial charge on any atom is 0.0748 e. The molecule has 0 aromatic carbocycles. The molecule has 3 N–H and O–H groups in total. The summed E-state index contributed by atoms with van der Waals surface area (Å²) < 4.78 is 0. The van der Waals surface area contributed by atoms with E-state index in [-0.39, 0.29) is 5.41 Å². The maximum atomic E-state index is 11.8. The molecule has 2 heteroatoms. The van der Waals surface area contributed by atoms with Crippen LogP contribution in [0.5, 0.6) is 0 Å². The predicted molar refractivity (Wildman–Crippen MR) is 85.5 cm³/mol. The zero-order chi connectivity index (χ0) is 14.8. The van der Waals surface area contributed by atoms with Crippen molar-refractivity contribution in [2.24, 2.45) is 28.9 Å². The van der Waals surface area contributed by atoms with Gasteiger partial charge < -0.3 is 10.8 Å². The molecule has 118 valence electrons. The van der Waals surface area contributed by atoms with E-state index in [1.807, 2.05) is 0 Å². The highest BCUT2D eigenvalue weighted by Crippen LogP contribution is 2.55. The summed E-state index contributed by atoms with van der Waals surface area (Å²) in [7, 11) is 0. The first-order chi connectivity index (χ1) is 9.45. The van der Waals surface area contributed by atoms with Crippen molar-refractivity contribution >= 4 is 0 Å². The fourth-order valence-electron chi connectivity index (χ4n) is 5.20. The topological polar surface area (TPSA) is 46.2 Å². The lowest BCUT2D eigenvalue weighted by Gasteiger charge is -2.56. The van der Waals surface area contributed by atoms with Gasteiger partial charge in [0.25, 0.3) is 0 Å². The standard InChI is InChI=1S/C18H35NO/c1-14(2)16-9-8-15(3)12-18(16,20)17(13-19)10-6-4-5-7-11-17/h14-16,20H,4-13,19H2,1-3H3. The number of hydrogen-bond donors (Lipinski definition) is 2. The highest BCUT2D eigenvalue weighted by atomic mass is 16.3. The van der Waals surface area contributed by atoms with Gasteiger partial charge in [-0.15, -0.1) is 0 Å². The number of nitrogens with two attached hydrogens (primary N) is 1. The van der Waals surface area contributed by atoms with Crippen LogP contribution in [0.15, 0.2) is 0 Å². The summed E-state index contributed by atoms with van der Waals surface area (Å²) in [6, 6.07) is 0. The Kier molecular flexibility index (Phi) is 5.18. The van der Waals surface area contributed by atoms with E-state index in [2.05, 4.69) is 20.8 Å². The molecule has 0 heterocycles. The van der Waals surface area contributed by atoms with E-state index in [1.165, 1.54) is 38.5 Å². The molecular weight excluding hydrogens is 246 g/mol. The monoisotopic (exact) mass is 281 g/mol. The lowest BCUT2D eigenvalue weighted by molar-refractivity contribution is -0.171. The van der Waals surface area contributed by atoms with Crippen LogP contribution in [0.25, 0.3) is 0 Å². The van der Waals surface area contributed by atoms with Crippen LogP contribution in [-0.2, 0) is 0 Å². The van der Waals surface area contributed by atoms with Crippen molar-refractivity contribution < 1.29 is 5.11 Å². The molecule has 0 bridgehead atoms. The third-order valence-corrected chi connectivity index (χ3v) is 6.42. The summed E-state index contributed by atoms with van der Waals surface area (Å²) in [5.41, 5.74) is 5.72. The summed E-state index contributed by atoms with van der Waals surface area (Å²) >= 11 is 0. The predicted octanol–water partition coefficient (Wildman–Crippen LogP) is 4.11. The van der Waals surface area contributed by atoms with Gasteiger partial charge in [0.05, 0.1) is 5.60 Å². The van der Waals surface area contributed by atoms with Crippen LogP contribution in [0, 0.1) is 23.2 Å². The van der Waals surface area contributed by atoms with E-state index in [9.17, 15) is 5.11 Å². The molecule has 2 aliphatic rings. The van der Waals surface area contributed by atoms with Gasteiger partial charge >= 0.3 is 0 Å². The summed E-state index contributed by atoms with van der Waals surface area (Å²) in [6.45, 7) is 7.54. The first-order valence-corrected chi connectivity index (χ1v) is 8.87. The Morgan fingerprint density at radius 2 is 1.70 bits per heavy atom. The third kappa shape index (κ3) is 2.78. The van der Waals surface area contributed by atoms with E-state index >= 15 is 0 Å². The van der Waals surface area contributed by atoms with Crippen LogP contribution in [-0.4, -0.2) is 17.3 Å². The van der Waals surface area contributed by atoms with Gasteiger partial charge in [0.2, 0.25) is 0 Å². The molecule has 0 radical (unpaired) electrons. The van der Waals surface area contributed by atoms with Gasteiger partial charge in [-0.05, 0) is 43.4 Å². The molecule has 2 fully saturated rings. The van der Waals surface area contributed by atoms with Crippen LogP contribution < -0.4 is 5.73 Å². The average molecular weight is 281 g/mol. The second-order valence-electron chi connectivity index (χ2n) is 8.06. The van der Waals surface area contributed by atoms with Crippen molar-refractivity contribution in [1.82, 2.24) is 0 Å². The van der Waals surface area contributed by atoms with Crippen molar-refractivity contribution in [2.75, 3.05) is 6.54 Å². The quantitative estimate of drug-likeness (QED) is 0.765. The molecule has 2 saturated carbocycles. The second kappa shape index (κ2) is 6.36. The highest BCUT2D eigenvalue weighted by Gasteiger charge is 2.55. The second-order valence-corrected chi connectivity index (χ2v) is 8.06. The Morgan fingerprint density at radius 3 is 2.20 bits per heavy atom. The molecule has 2 nitrogen and oxygen atoms in total. The van der Waals surface area contributed by atoms with Crippen LogP contribution >= 0.6 is 0 Å². The minimum Gasteiger partial charge on any atom is -0.389 e. The van der Waals surface area contributed by atoms with Gasteiger partial charge in [0.1, 0.15) is 0 Å². The Balaban J connectivity index is 2.34. The normalized spacial score (nSPS) is 38.7. The minimum absolute atomic E-state index is 0.0207. The van der Waals surface area contributed by atoms with E-state index < -0.39 is 5.60 Å². The van der Waals surface area contributed by atoms with Crippen molar-refractivity contribution in [3.63, 3.8) is 0 Å². The lowest BCUT2D eigenvalue weighted by Crippen LogP contribution is -2.60. The summed E-state index contributed by atoms with van der Waals surface area (Å²) in [4.78, 5) is 0. The van der Waals surface area contributed by atoms with Gasteiger partial charge in [-0.1, -0.05) is 52.9 Å². The largest absolute Gasteiger partial charge is 0.389 e. The van der Waals surface area contributed by atoms with E-state index in [0.717, 1.165) is 19.3 Å². The van der Waals surface area contributed by atoms with Crippen molar-refractivity contribution in [2.45, 2.75) is 84.2 Å². The molecular formula is C18H35NO. The van der Waals surface area contributed by atoms with Gasteiger partial charge in [0, 0.05) is 12.0 Å². The molecule has 3 unspecified atom stereocenters. The molecule has 3 atom stereocenters. The maximum absolute atomic E-state index is 11.8. The fraction of sp³-hybridized carbons (Fsp3) is 1.00. The third-order valence-electron chi connectivity index (χ3n) is 6.42. The number of hydrogen-bond acceptors (Lipinski definition) is 2. The molecule has 20 heavy (non-hydrogen) atoms. The minimum atomic E-state index is -0.530. The zero-order valence-electron chi connectivity index (χ0n) is 13.8. The van der Waals surface area contributed by atoms with Crippen LogP contribution in [0.4, 0.5) is 0 Å². The SMILES string of the molecule is CC1CCC(C(C)C)C(O)(C2(CN)CCCCCC2)C1. The fourth-order valence-corrected chi connectivity index (χ4v) is 5.20. The van der Waals surface area contributed by atoms with Crippen molar-refractivity contribution in [1.29, 1.82) is 0 Å². The molecule has 0 saturated heterocycles. The van der Waals surface area contributed by atoms with Crippen LogP contribution in [0.2, 0.25) is 0 Å². The Morgan fingerprint density at radius 1 is 1.10 bits per heavy atom. The average Bonchev–Trinajstić information content (AvgIpc) is 2.64. The van der Waals surface area contributed by atoms with Crippen LogP contribution in [0.1, 0.15) is 78.6 Å². The summed E-state index contributed by atoms with van der Waals surface area (Å²) in [6.07, 6.45) is 10.8. The van der Waals surface area contributed by atoms with Gasteiger partial charge in [-0.25, -0.2) is 0 Å². The highest BCUT2D eigenvalue weighted by molar-refractivity contribution is 5.07. The smallest absolute Gasteiger partial charge is 0.0748 e. The van der Waals surface area contributed by atoms with E-state index in [4.69, 9.17) is 5.73 Å². The first-order valence-electron chi connectivity index (χ1n) is 8.87. The zero-order valence-corrected chi connectivity index (χ0v) is 13.8. The molecule has 2 rings (SSSR count). The molecule has 0 aromatic heterocycles. The summed E-state index contributed by atoms with van der Waals surface area (Å²) in [5.74, 6) is 1.63. The van der Waals surface area contributed by atoms with Crippen LogP contribution in [0.3, 0.4) is 0 Å². The molecule has 0 spiro atoms. The summed E-state index contributed by atoms with van der Waals surface area (Å²) in [5, 5.41) is 11.8. The molecule has 0 amide bonds. The lowest BCUT2D eigenvalue weighted by atomic mass is 9.53. The number of aliphatic hydroxyl groups is 1. The van der Waals surface area contributed by atoms with E-state index in [1.54, 1.807) is 0 Å². The Hall–Kier alpha value is -0.0800. The Bertz CT molecular complexity index is 307. The van der Waals surface area contributed by atoms with Gasteiger partial charge in [-0.2, -0.15) is 0 Å². The molecule has 0 aromatic rings. The molecule has 2 aliphatic carbocycles. The number of rotatable bonds is 3.